The van der Waals surface area contributed by atoms with Crippen LogP contribution in [0.4, 0.5) is 5.82 Å². The number of hydrogen-bond acceptors (Lipinski definition) is 5. The lowest BCUT2D eigenvalue weighted by atomic mass is 10.1. The molecule has 134 valence electrons. The summed E-state index contributed by atoms with van der Waals surface area (Å²) in [6.45, 7) is 3.96. The fourth-order valence-corrected chi connectivity index (χ4v) is 3.31. The Morgan fingerprint density at radius 1 is 1.35 bits per heavy atom. The Hall–Kier alpha value is -3.09. The van der Waals surface area contributed by atoms with Crippen molar-refractivity contribution in [3.8, 4) is 5.88 Å². The molecule has 1 aliphatic rings. The Balaban J connectivity index is 1.43. The number of carbonyl (C=O) groups excluding carboxylic acids is 1. The quantitative estimate of drug-likeness (QED) is 0.737. The highest BCUT2D eigenvalue weighted by atomic mass is 16.5. The number of hydrogen-bond donors (Lipinski definition) is 2. The zero-order chi connectivity index (χ0) is 17.9. The number of fused-ring (bicyclic) bond motifs is 1. The van der Waals surface area contributed by atoms with Gasteiger partial charge in [-0.1, -0.05) is 0 Å². The van der Waals surface area contributed by atoms with Crippen LogP contribution in [0.2, 0.25) is 0 Å². The lowest BCUT2D eigenvalue weighted by molar-refractivity contribution is 0.0940. The third-order valence-electron chi connectivity index (χ3n) is 4.57. The van der Waals surface area contributed by atoms with Crippen LogP contribution in [0.15, 0.2) is 42.9 Å². The Kier molecular flexibility index (Phi) is 4.43. The molecule has 1 aromatic carbocycles. The Morgan fingerprint density at radius 3 is 3.12 bits per heavy atom. The van der Waals surface area contributed by atoms with Crippen LogP contribution in [0.3, 0.4) is 0 Å². The second kappa shape index (κ2) is 7.03. The van der Waals surface area contributed by atoms with E-state index in [1.807, 2.05) is 37.4 Å². The SMILES string of the molecule is CCOc1nccnc1N1CCC(NC(=O)c2ccc3[nH]ccc3c2)C1. The first kappa shape index (κ1) is 16.4. The van der Waals surface area contributed by atoms with Gasteiger partial charge >= 0.3 is 0 Å². The van der Waals surface area contributed by atoms with Gasteiger partial charge in [-0.25, -0.2) is 9.97 Å². The Labute approximate surface area is 151 Å². The molecule has 0 radical (unpaired) electrons. The molecule has 26 heavy (non-hydrogen) atoms. The fraction of sp³-hybridized carbons (Fsp3) is 0.316. The molecule has 1 unspecified atom stereocenters. The van der Waals surface area contributed by atoms with Crippen molar-refractivity contribution in [1.29, 1.82) is 0 Å². The summed E-state index contributed by atoms with van der Waals surface area (Å²) in [6, 6.07) is 7.72. The van der Waals surface area contributed by atoms with Gasteiger partial charge in [0.15, 0.2) is 5.82 Å². The highest BCUT2D eigenvalue weighted by molar-refractivity contribution is 5.98. The summed E-state index contributed by atoms with van der Waals surface area (Å²) in [5, 5.41) is 4.16. The van der Waals surface area contributed by atoms with Crippen molar-refractivity contribution in [1.82, 2.24) is 20.3 Å². The van der Waals surface area contributed by atoms with Crippen molar-refractivity contribution < 1.29 is 9.53 Å². The number of ether oxygens (including phenoxy) is 1. The van der Waals surface area contributed by atoms with Crippen molar-refractivity contribution in [3.05, 3.63) is 48.4 Å². The molecule has 0 bridgehead atoms. The molecule has 2 aromatic heterocycles. The average molecular weight is 351 g/mol. The average Bonchev–Trinajstić information content (AvgIpc) is 3.31. The normalized spacial score (nSPS) is 16.8. The third-order valence-corrected chi connectivity index (χ3v) is 4.57. The molecular formula is C19H21N5O2. The van der Waals surface area contributed by atoms with Crippen LogP contribution in [-0.4, -0.2) is 46.6 Å². The van der Waals surface area contributed by atoms with E-state index in [0.29, 0.717) is 24.6 Å². The number of H-pyrrole nitrogens is 1. The number of aromatic nitrogens is 3. The number of nitrogens with one attached hydrogen (secondary N) is 2. The predicted octanol–water partition coefficient (Wildman–Crippen LogP) is 2.37. The Morgan fingerprint density at radius 2 is 2.23 bits per heavy atom. The van der Waals surface area contributed by atoms with Gasteiger partial charge in [0.1, 0.15) is 0 Å². The molecule has 0 aliphatic carbocycles. The highest BCUT2D eigenvalue weighted by Crippen LogP contribution is 2.26. The van der Waals surface area contributed by atoms with Crippen LogP contribution in [0, 0.1) is 0 Å². The molecule has 0 saturated carbocycles. The number of aromatic amines is 1. The molecule has 2 N–H and O–H groups in total. The maximum absolute atomic E-state index is 12.6. The molecule has 7 nitrogen and oxygen atoms in total. The monoisotopic (exact) mass is 351 g/mol. The van der Waals surface area contributed by atoms with Crippen LogP contribution >= 0.6 is 0 Å². The molecule has 4 rings (SSSR count). The first-order valence-electron chi connectivity index (χ1n) is 8.81. The van der Waals surface area contributed by atoms with Gasteiger partial charge in [-0.05, 0) is 37.6 Å². The molecule has 7 heteroatoms. The maximum Gasteiger partial charge on any atom is 0.257 e. The van der Waals surface area contributed by atoms with E-state index in [2.05, 4.69) is 25.2 Å². The summed E-state index contributed by atoms with van der Waals surface area (Å²) < 4.78 is 5.56. The van der Waals surface area contributed by atoms with Gasteiger partial charge < -0.3 is 19.9 Å². The highest BCUT2D eigenvalue weighted by Gasteiger charge is 2.27. The van der Waals surface area contributed by atoms with Crippen molar-refractivity contribution in [2.24, 2.45) is 0 Å². The summed E-state index contributed by atoms with van der Waals surface area (Å²) in [5.74, 6) is 1.23. The van der Waals surface area contributed by atoms with Crippen LogP contribution in [-0.2, 0) is 0 Å². The lowest BCUT2D eigenvalue weighted by Crippen LogP contribution is -2.37. The maximum atomic E-state index is 12.6. The molecular weight excluding hydrogens is 330 g/mol. The second-order valence-electron chi connectivity index (χ2n) is 6.30. The summed E-state index contributed by atoms with van der Waals surface area (Å²) in [5.41, 5.74) is 1.70. The number of anilines is 1. The van der Waals surface area contributed by atoms with E-state index < -0.39 is 0 Å². The second-order valence-corrected chi connectivity index (χ2v) is 6.30. The smallest absolute Gasteiger partial charge is 0.257 e. The first-order chi connectivity index (χ1) is 12.7. The molecule has 1 saturated heterocycles. The van der Waals surface area contributed by atoms with E-state index in [9.17, 15) is 4.79 Å². The van der Waals surface area contributed by atoms with Crippen LogP contribution in [0.5, 0.6) is 5.88 Å². The van der Waals surface area contributed by atoms with Crippen molar-refractivity contribution in [2.45, 2.75) is 19.4 Å². The van der Waals surface area contributed by atoms with Crippen molar-refractivity contribution in [3.63, 3.8) is 0 Å². The number of benzene rings is 1. The van der Waals surface area contributed by atoms with Gasteiger partial charge in [0.2, 0.25) is 0 Å². The standard InChI is InChI=1S/C19H21N5O2/c1-2-26-19-17(21-8-9-22-19)24-10-6-15(12-24)23-18(25)14-3-4-16-13(11-14)5-7-20-16/h3-5,7-9,11,15,20H,2,6,10,12H2,1H3,(H,23,25). The summed E-state index contributed by atoms with van der Waals surface area (Å²) in [7, 11) is 0. The van der Waals surface area contributed by atoms with Crippen molar-refractivity contribution in [2.75, 3.05) is 24.6 Å². The van der Waals surface area contributed by atoms with E-state index in [-0.39, 0.29) is 11.9 Å². The van der Waals surface area contributed by atoms with Gasteiger partial charge in [0.25, 0.3) is 11.8 Å². The number of rotatable bonds is 5. The van der Waals surface area contributed by atoms with Gasteiger partial charge in [-0.2, -0.15) is 0 Å². The summed E-state index contributed by atoms with van der Waals surface area (Å²) in [4.78, 5) is 26.5. The third kappa shape index (κ3) is 3.20. The predicted molar refractivity (Wildman–Crippen MR) is 99.6 cm³/mol. The minimum atomic E-state index is -0.0517. The van der Waals surface area contributed by atoms with E-state index in [4.69, 9.17) is 4.74 Å². The zero-order valence-electron chi connectivity index (χ0n) is 14.6. The number of carbonyl (C=O) groups is 1. The molecule has 1 atom stereocenters. The number of amides is 1. The Bertz CT molecular complexity index is 923. The molecule has 0 spiro atoms. The van der Waals surface area contributed by atoms with E-state index >= 15 is 0 Å². The molecule has 1 fully saturated rings. The summed E-state index contributed by atoms with van der Waals surface area (Å²) >= 11 is 0. The van der Waals surface area contributed by atoms with Crippen molar-refractivity contribution >= 4 is 22.6 Å². The molecule has 3 heterocycles. The number of nitrogens with zero attached hydrogens (tertiary/aromatic N) is 3. The summed E-state index contributed by atoms with van der Waals surface area (Å²) in [6.07, 6.45) is 6.02. The molecule has 1 aliphatic heterocycles. The van der Waals surface area contributed by atoms with Gasteiger partial charge in [-0.3, -0.25) is 4.79 Å². The van der Waals surface area contributed by atoms with Crippen LogP contribution < -0.4 is 15.0 Å². The minimum Gasteiger partial charge on any atom is -0.475 e. The largest absolute Gasteiger partial charge is 0.475 e. The van der Waals surface area contributed by atoms with Crippen LogP contribution in [0.25, 0.3) is 10.9 Å². The zero-order valence-corrected chi connectivity index (χ0v) is 14.6. The fourth-order valence-electron chi connectivity index (χ4n) is 3.31. The lowest BCUT2D eigenvalue weighted by Gasteiger charge is -2.19. The van der Waals surface area contributed by atoms with Crippen LogP contribution in [0.1, 0.15) is 23.7 Å². The van der Waals surface area contributed by atoms with E-state index in [1.165, 1.54) is 0 Å². The van der Waals surface area contributed by atoms with Gasteiger partial charge in [0.05, 0.1) is 6.61 Å². The van der Waals surface area contributed by atoms with E-state index in [0.717, 1.165) is 29.7 Å². The first-order valence-corrected chi connectivity index (χ1v) is 8.81. The van der Waals surface area contributed by atoms with Gasteiger partial charge in [0, 0.05) is 54.2 Å². The topological polar surface area (TPSA) is 83.1 Å². The minimum absolute atomic E-state index is 0.0517. The van der Waals surface area contributed by atoms with E-state index in [1.54, 1.807) is 12.4 Å². The van der Waals surface area contributed by atoms with Gasteiger partial charge in [-0.15, -0.1) is 0 Å². The molecule has 1 amide bonds. The molecule has 3 aromatic rings.